The van der Waals surface area contributed by atoms with Gasteiger partial charge in [-0.05, 0) is 56.5 Å². The summed E-state index contributed by atoms with van der Waals surface area (Å²) < 4.78 is 33.6. The highest BCUT2D eigenvalue weighted by molar-refractivity contribution is 5.92. The summed E-state index contributed by atoms with van der Waals surface area (Å²) in [6.07, 6.45) is 6.17. The average molecular weight is 478 g/mol. The number of carbonyl (C=O) groups is 1. The first-order valence-corrected chi connectivity index (χ1v) is 11.1. The monoisotopic (exact) mass is 478 g/mol. The number of anilines is 1. The van der Waals surface area contributed by atoms with E-state index >= 15 is 0 Å². The van der Waals surface area contributed by atoms with Crippen molar-refractivity contribution in [2.75, 3.05) is 5.32 Å². The largest absolute Gasteiger partial charge is 0.476 e. The maximum absolute atomic E-state index is 13.7. The molecule has 2 N–H and O–H groups in total. The number of alkyl halides is 2. The molecule has 0 spiro atoms. The molecule has 1 aliphatic carbocycles. The molecule has 1 aliphatic rings. The summed E-state index contributed by atoms with van der Waals surface area (Å²) in [5, 5.41) is 13.1. The molecule has 0 saturated carbocycles. The summed E-state index contributed by atoms with van der Waals surface area (Å²) in [6, 6.07) is 6.15. The zero-order chi connectivity index (χ0) is 25.5. The molecule has 35 heavy (non-hydrogen) atoms. The van der Waals surface area contributed by atoms with E-state index in [9.17, 15) is 23.5 Å². The highest BCUT2D eigenvalue weighted by Gasteiger charge is 2.32. The predicted molar refractivity (Wildman–Crippen MR) is 130 cm³/mol. The van der Waals surface area contributed by atoms with Crippen molar-refractivity contribution < 1.29 is 23.1 Å². The van der Waals surface area contributed by atoms with Gasteiger partial charge in [-0.1, -0.05) is 18.1 Å². The van der Waals surface area contributed by atoms with Crippen molar-refractivity contribution in [3.8, 4) is 12.3 Å². The number of aromatic carboxylic acids is 1. The second kappa shape index (κ2) is 8.99. The minimum absolute atomic E-state index is 0.104. The number of allylic oxidation sites excluding steroid dienone is 2. The minimum Gasteiger partial charge on any atom is -0.476 e. The van der Waals surface area contributed by atoms with Crippen LogP contribution >= 0.6 is 0 Å². The molecule has 0 bridgehead atoms. The number of carboxylic acids is 1. The third kappa shape index (κ3) is 4.67. The molecule has 6 nitrogen and oxygen atoms in total. The first-order valence-electron chi connectivity index (χ1n) is 11.1. The van der Waals surface area contributed by atoms with Gasteiger partial charge >= 0.3 is 5.97 Å². The summed E-state index contributed by atoms with van der Waals surface area (Å²) >= 11 is 0. The van der Waals surface area contributed by atoms with Gasteiger partial charge < -0.3 is 14.8 Å². The van der Waals surface area contributed by atoms with E-state index in [-0.39, 0.29) is 35.3 Å². The summed E-state index contributed by atoms with van der Waals surface area (Å²) in [5.41, 5.74) is 2.71. The molecule has 2 aromatic heterocycles. The lowest BCUT2D eigenvalue weighted by atomic mass is 9.92. The number of pyridine rings is 1. The number of benzene rings is 1. The topological polar surface area (TPSA) is 92.4 Å². The molecule has 0 saturated heterocycles. The number of hydrogen-bond donors (Lipinski definition) is 2. The summed E-state index contributed by atoms with van der Waals surface area (Å²) in [7, 11) is 0. The summed E-state index contributed by atoms with van der Waals surface area (Å²) in [4.78, 5) is 29.0. The Bertz CT molecular complexity index is 1480. The second-order valence-corrected chi connectivity index (χ2v) is 8.81. The maximum Gasteiger partial charge on any atom is 0.356 e. The number of rotatable bonds is 5. The van der Waals surface area contributed by atoms with Crippen molar-refractivity contribution in [1.82, 2.24) is 4.98 Å². The van der Waals surface area contributed by atoms with Gasteiger partial charge in [-0.25, -0.2) is 18.6 Å². The number of fused-ring (bicyclic) bond motifs is 1. The quantitative estimate of drug-likeness (QED) is 0.446. The maximum atomic E-state index is 13.7. The van der Waals surface area contributed by atoms with E-state index in [1.807, 2.05) is 13.0 Å². The van der Waals surface area contributed by atoms with Gasteiger partial charge in [0.2, 0.25) is 0 Å². The first kappa shape index (κ1) is 24.1. The lowest BCUT2D eigenvalue weighted by Crippen LogP contribution is -2.19. The average Bonchev–Trinajstić information content (AvgIpc) is 2.81. The molecule has 3 aromatic rings. The number of carboxylic acid groups (broad SMARTS) is 1. The Balaban J connectivity index is 1.83. The first-order chi connectivity index (χ1) is 16.5. The number of nitrogens with zero attached hydrogens (tertiary/aromatic N) is 1. The van der Waals surface area contributed by atoms with Crippen LogP contribution in [0.25, 0.3) is 16.5 Å². The Morgan fingerprint density at radius 1 is 1.31 bits per heavy atom. The Kier molecular flexibility index (Phi) is 6.20. The predicted octanol–water partition coefficient (Wildman–Crippen LogP) is 5.86. The number of halogens is 2. The molecule has 0 amide bonds. The fourth-order valence-electron chi connectivity index (χ4n) is 4.33. The van der Waals surface area contributed by atoms with E-state index in [1.54, 1.807) is 26.0 Å². The van der Waals surface area contributed by atoms with Crippen LogP contribution < -0.4 is 10.7 Å². The van der Waals surface area contributed by atoms with Crippen LogP contribution in [0.5, 0.6) is 0 Å². The molecule has 8 heteroatoms. The number of terminal acetylenes is 1. The van der Waals surface area contributed by atoms with Gasteiger partial charge in [0.25, 0.3) is 5.92 Å². The van der Waals surface area contributed by atoms with Gasteiger partial charge in [0.1, 0.15) is 17.0 Å². The van der Waals surface area contributed by atoms with Gasteiger partial charge in [0.15, 0.2) is 11.1 Å². The fourth-order valence-corrected chi connectivity index (χ4v) is 4.33. The van der Waals surface area contributed by atoms with Crippen LogP contribution in [-0.2, 0) is 0 Å². The third-order valence-corrected chi connectivity index (χ3v) is 6.18. The van der Waals surface area contributed by atoms with Crippen molar-refractivity contribution >= 4 is 28.2 Å². The lowest BCUT2D eigenvalue weighted by molar-refractivity contribution is -0.00618. The lowest BCUT2D eigenvalue weighted by Gasteiger charge is -2.23. The minimum atomic E-state index is -2.76. The smallest absolute Gasteiger partial charge is 0.356 e. The zero-order valence-corrected chi connectivity index (χ0v) is 19.5. The molecule has 1 atom stereocenters. The van der Waals surface area contributed by atoms with Crippen LogP contribution in [0.4, 0.5) is 14.5 Å². The Morgan fingerprint density at radius 3 is 2.69 bits per heavy atom. The van der Waals surface area contributed by atoms with Crippen LogP contribution in [0.2, 0.25) is 0 Å². The Hall–Kier alpha value is -3.99. The van der Waals surface area contributed by atoms with Crippen LogP contribution in [0.3, 0.4) is 0 Å². The van der Waals surface area contributed by atoms with E-state index < -0.39 is 24.4 Å². The molecule has 0 aliphatic heterocycles. The van der Waals surface area contributed by atoms with E-state index in [2.05, 4.69) is 16.2 Å². The van der Waals surface area contributed by atoms with Gasteiger partial charge in [-0.15, -0.1) is 6.42 Å². The normalized spacial score (nSPS) is 15.8. The fraction of sp³-hybridized carbons (Fsp3) is 0.296. The van der Waals surface area contributed by atoms with Crippen LogP contribution in [0, 0.1) is 26.2 Å². The van der Waals surface area contributed by atoms with Gasteiger partial charge in [0.05, 0.1) is 17.1 Å². The van der Waals surface area contributed by atoms with Crippen molar-refractivity contribution in [3.63, 3.8) is 0 Å². The van der Waals surface area contributed by atoms with Gasteiger partial charge in [-0.2, -0.15) is 0 Å². The molecule has 0 fully saturated rings. The number of nitrogens with one attached hydrogen (secondary N) is 1. The van der Waals surface area contributed by atoms with E-state index in [1.165, 1.54) is 12.1 Å². The number of hydrogen-bond acceptors (Lipinski definition) is 5. The standard InChI is InChI=1S/C27H24F2N2O4/c1-5-18-6-7-21(22(31-18)26(33)34)30-16(4)19-12-14(2)13-20-23(32)15(3)24(35-25(19)20)17-8-10-27(28,29)11-9-17/h1,6-8,12-13,16,30H,9-11H2,2-4H3,(H,33,34)/t16-/m1/s1. The highest BCUT2D eigenvalue weighted by atomic mass is 19.3. The van der Waals surface area contributed by atoms with E-state index in [0.29, 0.717) is 33.4 Å². The molecular weight excluding hydrogens is 454 g/mol. The summed E-state index contributed by atoms with van der Waals surface area (Å²) in [5.74, 6) is -1.38. The van der Waals surface area contributed by atoms with Crippen LogP contribution in [0.15, 0.2) is 39.6 Å². The van der Waals surface area contributed by atoms with Gasteiger partial charge in [0, 0.05) is 24.0 Å². The van der Waals surface area contributed by atoms with Crippen molar-refractivity contribution in [2.24, 2.45) is 0 Å². The molecule has 4 rings (SSSR count). The number of aromatic nitrogens is 1. The van der Waals surface area contributed by atoms with Crippen molar-refractivity contribution in [2.45, 2.75) is 52.0 Å². The Labute approximate surface area is 200 Å². The molecular formula is C27H24F2N2O4. The van der Waals surface area contributed by atoms with E-state index in [0.717, 1.165) is 5.56 Å². The molecule has 180 valence electrons. The SMILES string of the molecule is C#Cc1ccc(N[C@H](C)c2cc(C)cc3c(=O)c(C)c(C4=CCC(F)(F)CC4)oc23)c(C(=O)O)n1. The van der Waals surface area contributed by atoms with Crippen molar-refractivity contribution in [3.05, 3.63) is 74.4 Å². The zero-order valence-electron chi connectivity index (χ0n) is 19.5. The number of aryl methyl sites for hydroxylation is 1. The highest BCUT2D eigenvalue weighted by Crippen LogP contribution is 2.38. The second-order valence-electron chi connectivity index (χ2n) is 8.81. The molecule has 0 radical (unpaired) electrons. The molecule has 2 heterocycles. The Morgan fingerprint density at radius 2 is 2.06 bits per heavy atom. The van der Waals surface area contributed by atoms with Gasteiger partial charge in [-0.3, -0.25) is 4.79 Å². The van der Waals surface area contributed by atoms with Crippen molar-refractivity contribution in [1.29, 1.82) is 0 Å². The van der Waals surface area contributed by atoms with Crippen LogP contribution in [0.1, 0.15) is 70.9 Å². The van der Waals surface area contributed by atoms with E-state index in [4.69, 9.17) is 10.8 Å². The van der Waals surface area contributed by atoms with Crippen LogP contribution in [-0.4, -0.2) is 22.0 Å². The third-order valence-electron chi connectivity index (χ3n) is 6.18. The molecule has 0 unspecified atom stereocenters. The summed E-state index contributed by atoms with van der Waals surface area (Å²) in [6.45, 7) is 5.28. The molecule has 1 aromatic carbocycles.